The first-order chi connectivity index (χ1) is 12.2. The highest BCUT2D eigenvalue weighted by atomic mass is 16.5. The second kappa shape index (κ2) is 19.8. The lowest BCUT2D eigenvalue weighted by molar-refractivity contribution is -0.150. The summed E-state index contributed by atoms with van der Waals surface area (Å²) >= 11 is 0. The molecule has 0 rings (SSSR count). The summed E-state index contributed by atoms with van der Waals surface area (Å²) in [4.78, 5) is 12.1. The molecule has 0 aromatic rings. The first-order valence-corrected chi connectivity index (χ1v) is 11.4. The van der Waals surface area contributed by atoms with Crippen LogP contribution in [0.25, 0.3) is 0 Å². The van der Waals surface area contributed by atoms with Crippen molar-refractivity contribution >= 4 is 5.97 Å². The van der Waals surface area contributed by atoms with Crippen molar-refractivity contribution in [3.63, 3.8) is 0 Å². The van der Waals surface area contributed by atoms with Crippen LogP contribution in [0.15, 0.2) is 0 Å². The smallest absolute Gasteiger partial charge is 0.306 e. The summed E-state index contributed by atoms with van der Waals surface area (Å²) < 4.78 is 5.83. The maximum Gasteiger partial charge on any atom is 0.306 e. The van der Waals surface area contributed by atoms with Gasteiger partial charge in [-0.1, -0.05) is 97.8 Å². The molecule has 0 amide bonds. The monoisotopic (exact) mass is 354 g/mol. The van der Waals surface area contributed by atoms with Gasteiger partial charge in [0.15, 0.2) is 0 Å². The number of rotatable bonds is 19. The zero-order valence-corrected chi connectivity index (χ0v) is 17.6. The van der Waals surface area contributed by atoms with E-state index < -0.39 is 0 Å². The maximum absolute atomic E-state index is 12.1. The fraction of sp³-hybridized carbons (Fsp3) is 0.957. The molecule has 0 bridgehead atoms. The number of esters is 1. The van der Waals surface area contributed by atoms with E-state index in [4.69, 9.17) is 4.74 Å². The molecule has 0 aliphatic heterocycles. The van der Waals surface area contributed by atoms with Crippen LogP contribution < -0.4 is 0 Å². The average Bonchev–Trinajstić information content (AvgIpc) is 2.61. The first kappa shape index (κ1) is 24.5. The molecule has 2 heteroatoms. The minimum absolute atomic E-state index is 0.0459. The Morgan fingerprint density at radius 3 is 1.52 bits per heavy atom. The van der Waals surface area contributed by atoms with E-state index in [9.17, 15) is 4.79 Å². The molecule has 150 valence electrons. The van der Waals surface area contributed by atoms with Crippen LogP contribution in [-0.4, -0.2) is 12.1 Å². The summed E-state index contributed by atoms with van der Waals surface area (Å²) in [6, 6.07) is 0. The van der Waals surface area contributed by atoms with Gasteiger partial charge in [0.2, 0.25) is 0 Å². The highest BCUT2D eigenvalue weighted by molar-refractivity contribution is 5.69. The molecular formula is C23H46O2. The van der Waals surface area contributed by atoms with E-state index >= 15 is 0 Å². The lowest BCUT2D eigenvalue weighted by Crippen LogP contribution is -2.18. The number of hydrogen-bond donors (Lipinski definition) is 0. The normalized spacial score (nSPS) is 12.3. The van der Waals surface area contributed by atoms with Crippen LogP contribution in [0.5, 0.6) is 0 Å². The van der Waals surface area contributed by atoms with Crippen LogP contribution in [0.2, 0.25) is 0 Å². The standard InChI is InChI=1S/C23H46O2/c1-4-7-10-13-15-18-21-23(24)25-22(19-16-12-9-6-3)20-17-14-11-8-5-2/h22H,4-21H2,1-3H3. The largest absolute Gasteiger partial charge is 0.462 e. The Morgan fingerprint density at radius 2 is 1.00 bits per heavy atom. The van der Waals surface area contributed by atoms with Gasteiger partial charge in [-0.05, 0) is 32.1 Å². The van der Waals surface area contributed by atoms with E-state index in [0.717, 1.165) is 19.3 Å². The molecule has 1 unspecified atom stereocenters. The number of carbonyl (C=O) groups is 1. The fourth-order valence-electron chi connectivity index (χ4n) is 3.33. The summed E-state index contributed by atoms with van der Waals surface area (Å²) in [6.07, 6.45) is 21.8. The third-order valence-corrected chi connectivity index (χ3v) is 5.04. The molecule has 25 heavy (non-hydrogen) atoms. The molecule has 0 aromatic carbocycles. The quantitative estimate of drug-likeness (QED) is 0.173. The fourth-order valence-corrected chi connectivity index (χ4v) is 3.33. The van der Waals surface area contributed by atoms with Crippen molar-refractivity contribution in [1.29, 1.82) is 0 Å². The van der Waals surface area contributed by atoms with Crippen LogP contribution in [0.4, 0.5) is 0 Å². The van der Waals surface area contributed by atoms with Gasteiger partial charge in [-0.25, -0.2) is 0 Å². The van der Waals surface area contributed by atoms with Crippen molar-refractivity contribution in [1.82, 2.24) is 0 Å². The number of hydrogen-bond acceptors (Lipinski definition) is 2. The maximum atomic E-state index is 12.1. The van der Waals surface area contributed by atoms with Gasteiger partial charge in [-0.15, -0.1) is 0 Å². The Hall–Kier alpha value is -0.530. The molecule has 0 aromatic heterocycles. The molecule has 0 N–H and O–H groups in total. The summed E-state index contributed by atoms with van der Waals surface area (Å²) in [7, 11) is 0. The minimum atomic E-state index is 0.0459. The topological polar surface area (TPSA) is 26.3 Å². The second-order valence-corrected chi connectivity index (χ2v) is 7.68. The SMILES string of the molecule is CCCCCCCCC(=O)OC(CCCCCC)CCCCCCC. The molecule has 0 aliphatic carbocycles. The third kappa shape index (κ3) is 18.1. The molecule has 0 heterocycles. The Kier molecular flexibility index (Phi) is 19.4. The molecule has 0 radical (unpaired) electrons. The van der Waals surface area contributed by atoms with Gasteiger partial charge in [-0.3, -0.25) is 4.79 Å². The van der Waals surface area contributed by atoms with E-state index in [2.05, 4.69) is 20.8 Å². The zero-order chi connectivity index (χ0) is 18.6. The third-order valence-electron chi connectivity index (χ3n) is 5.04. The number of carbonyl (C=O) groups excluding carboxylic acids is 1. The van der Waals surface area contributed by atoms with E-state index in [-0.39, 0.29) is 12.1 Å². The van der Waals surface area contributed by atoms with Gasteiger partial charge >= 0.3 is 5.97 Å². The van der Waals surface area contributed by atoms with E-state index in [1.165, 1.54) is 89.9 Å². The highest BCUT2D eigenvalue weighted by Gasteiger charge is 2.14. The van der Waals surface area contributed by atoms with E-state index in [1.54, 1.807) is 0 Å². The first-order valence-electron chi connectivity index (χ1n) is 11.4. The summed E-state index contributed by atoms with van der Waals surface area (Å²) in [5, 5.41) is 0. The van der Waals surface area contributed by atoms with Crippen LogP contribution in [0, 0.1) is 0 Å². The lowest BCUT2D eigenvalue weighted by Gasteiger charge is -2.18. The Balaban J connectivity index is 3.92. The minimum Gasteiger partial charge on any atom is -0.462 e. The predicted molar refractivity (Wildman–Crippen MR) is 110 cm³/mol. The molecular weight excluding hydrogens is 308 g/mol. The van der Waals surface area contributed by atoms with Crippen molar-refractivity contribution in [3.05, 3.63) is 0 Å². The van der Waals surface area contributed by atoms with Gasteiger partial charge in [-0.2, -0.15) is 0 Å². The zero-order valence-electron chi connectivity index (χ0n) is 17.6. The molecule has 0 saturated heterocycles. The van der Waals surface area contributed by atoms with Crippen LogP contribution in [-0.2, 0) is 9.53 Å². The van der Waals surface area contributed by atoms with Gasteiger partial charge < -0.3 is 4.74 Å². The van der Waals surface area contributed by atoms with Gasteiger partial charge in [0.25, 0.3) is 0 Å². The molecule has 0 aliphatic rings. The molecule has 0 saturated carbocycles. The summed E-state index contributed by atoms with van der Waals surface area (Å²) in [5.41, 5.74) is 0. The summed E-state index contributed by atoms with van der Waals surface area (Å²) in [5.74, 6) is 0.0459. The molecule has 0 fully saturated rings. The summed E-state index contributed by atoms with van der Waals surface area (Å²) in [6.45, 7) is 6.73. The molecule has 2 nitrogen and oxygen atoms in total. The van der Waals surface area contributed by atoms with E-state index in [1.807, 2.05) is 0 Å². The van der Waals surface area contributed by atoms with Gasteiger partial charge in [0, 0.05) is 6.42 Å². The molecule has 0 spiro atoms. The van der Waals surface area contributed by atoms with Crippen molar-refractivity contribution in [2.75, 3.05) is 0 Å². The van der Waals surface area contributed by atoms with Gasteiger partial charge in [0.05, 0.1) is 0 Å². The Bertz CT molecular complexity index is 275. The molecule has 1 atom stereocenters. The Labute approximate surface area is 158 Å². The number of ether oxygens (including phenoxy) is 1. The van der Waals surface area contributed by atoms with E-state index in [0.29, 0.717) is 6.42 Å². The Morgan fingerprint density at radius 1 is 0.600 bits per heavy atom. The highest BCUT2D eigenvalue weighted by Crippen LogP contribution is 2.17. The predicted octanol–water partition coefficient (Wildman–Crippen LogP) is 7.98. The van der Waals surface area contributed by atoms with Crippen molar-refractivity contribution in [2.45, 2.75) is 142 Å². The average molecular weight is 355 g/mol. The van der Waals surface area contributed by atoms with Gasteiger partial charge in [0.1, 0.15) is 6.10 Å². The van der Waals surface area contributed by atoms with Crippen molar-refractivity contribution in [2.24, 2.45) is 0 Å². The van der Waals surface area contributed by atoms with Crippen LogP contribution in [0.3, 0.4) is 0 Å². The van der Waals surface area contributed by atoms with Crippen LogP contribution in [0.1, 0.15) is 136 Å². The lowest BCUT2D eigenvalue weighted by atomic mass is 10.0. The second-order valence-electron chi connectivity index (χ2n) is 7.68. The number of unbranched alkanes of at least 4 members (excludes halogenated alkanes) is 12. The van der Waals surface area contributed by atoms with Crippen LogP contribution >= 0.6 is 0 Å². The van der Waals surface area contributed by atoms with Crippen molar-refractivity contribution in [3.8, 4) is 0 Å². The van der Waals surface area contributed by atoms with Crippen molar-refractivity contribution < 1.29 is 9.53 Å².